The third kappa shape index (κ3) is 20.3. The first-order valence-corrected chi connectivity index (χ1v) is 41.0. The summed E-state index contributed by atoms with van der Waals surface area (Å²) in [5.74, 6) is 0. The van der Waals surface area contributed by atoms with Crippen molar-refractivity contribution in [2.24, 2.45) is 0 Å². The van der Waals surface area contributed by atoms with Gasteiger partial charge in [0.15, 0.2) is 0 Å². The summed E-state index contributed by atoms with van der Waals surface area (Å²) in [4.78, 5) is 23.1. The summed E-state index contributed by atoms with van der Waals surface area (Å²) in [5, 5.41) is 15.0. The van der Waals surface area contributed by atoms with Crippen molar-refractivity contribution in [1.29, 1.82) is 0 Å². The summed E-state index contributed by atoms with van der Waals surface area (Å²) in [6.45, 7) is 0. The Labute approximate surface area is 650 Å². The molecule has 4 amide bonds. The summed E-state index contributed by atoms with van der Waals surface area (Å²) in [7, 11) is -35.6. The fourth-order valence-electron chi connectivity index (χ4n) is 10.2. The second-order valence-corrected chi connectivity index (χ2v) is 34.8. The van der Waals surface area contributed by atoms with Gasteiger partial charge < -0.3 is 30.4 Å². The van der Waals surface area contributed by atoms with Crippen LogP contribution in [-0.2, 0) is 80.6 Å². The number of anilines is 8. The van der Waals surface area contributed by atoms with Crippen LogP contribution in [0.4, 0.5) is 55.1 Å². The number of rotatable bonds is 20. The van der Waals surface area contributed by atoms with Crippen LogP contribution in [0, 0.1) is 0 Å². The fourth-order valence-corrected chi connectivity index (χ4v) is 16.6. The molecule has 0 unspecified atom stereocenters. The van der Waals surface area contributed by atoms with Crippen molar-refractivity contribution >= 4 is 181 Å². The summed E-state index contributed by atoms with van der Waals surface area (Å²) in [5.41, 5.74) is 0.788. The van der Waals surface area contributed by atoms with E-state index in [0.29, 0.717) is 65.8 Å². The fraction of sp³-hybridized carbons (Fsp3) is 0. The normalized spacial score (nSPS) is 12.1. The van der Waals surface area contributed by atoms with Crippen LogP contribution in [-0.4, -0.2) is 97.6 Å². The molecule has 0 aliphatic carbocycles. The van der Waals surface area contributed by atoms with Crippen LogP contribution in [0.2, 0.25) is 0 Å². The van der Waals surface area contributed by atoms with E-state index in [9.17, 15) is 95.1 Å². The Morgan fingerprint density at radius 3 is 0.660 bits per heavy atom. The summed E-state index contributed by atoms with van der Waals surface area (Å²) in [6, 6.07) is 53.1. The third-order valence-corrected chi connectivity index (χ3v) is 23.9. The molecule has 30 nitrogen and oxygen atoms in total. The first-order valence-electron chi connectivity index (χ1n) is 29.4. The largest absolute Gasteiger partial charge is 1.00 e. The van der Waals surface area contributed by atoms with Gasteiger partial charge in [-0.3, -0.25) is 28.0 Å². The van der Waals surface area contributed by atoms with Crippen LogP contribution in [0.1, 0.15) is 0 Å². The number of nitrogens with one attached hydrogen (secondary N) is 8. The number of fused-ring (bicyclic) bond motifs is 4. The van der Waals surface area contributed by atoms with Crippen molar-refractivity contribution in [3.8, 4) is 0 Å². The van der Waals surface area contributed by atoms with Gasteiger partial charge in [0.05, 0.1) is 61.9 Å². The minimum absolute atomic E-state index is 0. The van der Waals surface area contributed by atoms with Gasteiger partial charge in [0.25, 0.3) is 60.3 Å². The summed E-state index contributed by atoms with van der Waals surface area (Å²) >= 11 is 0. The maximum Gasteiger partial charge on any atom is 1.00 e. The number of benzene rings is 12. The van der Waals surface area contributed by atoms with Gasteiger partial charge in [-0.1, -0.05) is 72.8 Å². The molecular formula is C66H50N8Na2O22S8. The van der Waals surface area contributed by atoms with Crippen LogP contribution in [0.15, 0.2) is 282 Å². The van der Waals surface area contributed by atoms with Crippen molar-refractivity contribution in [1.82, 2.24) is 0 Å². The van der Waals surface area contributed by atoms with E-state index in [0.717, 1.165) is 48.5 Å². The molecule has 10 N–H and O–H groups in total. The van der Waals surface area contributed by atoms with Gasteiger partial charge in [-0.15, -0.1) is 0 Å². The zero-order valence-electron chi connectivity index (χ0n) is 54.4. The molecule has 0 heterocycles. The Morgan fingerprint density at radius 1 is 0.236 bits per heavy atom. The predicted molar refractivity (Wildman–Crippen MR) is 386 cm³/mol. The molecule has 0 spiro atoms. The van der Waals surface area contributed by atoms with E-state index >= 15 is 0 Å². The van der Waals surface area contributed by atoms with Gasteiger partial charge in [0.1, 0.15) is 20.2 Å². The zero-order chi connectivity index (χ0) is 75.0. The van der Waals surface area contributed by atoms with Gasteiger partial charge in [0.2, 0.25) is 0 Å². The number of hydrogen-bond donors (Lipinski definition) is 10. The van der Waals surface area contributed by atoms with Gasteiger partial charge in [-0.25, -0.2) is 60.1 Å². The van der Waals surface area contributed by atoms with Gasteiger partial charge >= 0.3 is 71.2 Å². The third-order valence-electron chi connectivity index (χ3n) is 15.0. The van der Waals surface area contributed by atoms with Crippen molar-refractivity contribution in [3.05, 3.63) is 243 Å². The van der Waals surface area contributed by atoms with Gasteiger partial charge in [0, 0.05) is 22.7 Å². The second kappa shape index (κ2) is 31.7. The molecule has 0 aliphatic heterocycles. The molecule has 40 heteroatoms. The van der Waals surface area contributed by atoms with E-state index < -0.39 is 112 Å². The maximum absolute atomic E-state index is 13.1. The first kappa shape index (κ1) is 80.9. The SMILES string of the molecule is O=C(Nc1ccc2ccc(S(=O)(=O)Nc3cccc(S(=O)(=O)[O-])c3)cc2c1)Nc1ccc2ccc(S(=O)(=O)Nc3cccc(S(=O)(=O)O)c3)cc2c1.O=C(Nc1ccc2ccc(S(=O)(=O)Nc3cccc(S(=O)(=O)[O-])c3)cc2c1)Nc1ccc2ccc(S(=O)(=O)Nc3cccc(S(=O)(=O)O)c3)cc2c1.[Na+].[Na+]. The molecule has 0 bridgehead atoms. The second-order valence-electron chi connectivity index (χ2n) is 22.4. The van der Waals surface area contributed by atoms with Crippen molar-refractivity contribution in [3.63, 3.8) is 0 Å². The molecule has 0 radical (unpaired) electrons. The Kier molecular flexibility index (Phi) is 24.2. The molecule has 0 atom stereocenters. The van der Waals surface area contributed by atoms with Crippen LogP contribution in [0.3, 0.4) is 0 Å². The van der Waals surface area contributed by atoms with Gasteiger partial charge in [-0.05, 0) is 213 Å². The van der Waals surface area contributed by atoms with Crippen molar-refractivity contribution < 1.29 is 154 Å². The monoisotopic (exact) mass is 1610 g/mol. The van der Waals surface area contributed by atoms with Crippen LogP contribution < -0.4 is 99.3 Å². The minimum Gasteiger partial charge on any atom is -0.744 e. The number of urea groups is 2. The number of carbonyl (C=O) groups is 2. The molecular weight excluding hydrogens is 1560 g/mol. The number of sulfonamides is 4. The number of carbonyl (C=O) groups excluding carboxylic acids is 2. The average Bonchev–Trinajstić information content (AvgIpc) is 0.805. The summed E-state index contributed by atoms with van der Waals surface area (Å²) in [6.07, 6.45) is 0. The summed E-state index contributed by atoms with van der Waals surface area (Å²) < 4.78 is 246. The van der Waals surface area contributed by atoms with Crippen molar-refractivity contribution in [2.75, 3.05) is 40.2 Å². The molecule has 12 aromatic rings. The molecule has 0 saturated heterocycles. The Balaban J connectivity index is 0.000000241. The Hall–Kier alpha value is -9.14. The maximum atomic E-state index is 13.1. The molecule has 12 aromatic carbocycles. The number of amides is 4. The van der Waals surface area contributed by atoms with E-state index in [1.165, 1.54) is 109 Å². The first-order chi connectivity index (χ1) is 48.7. The smallest absolute Gasteiger partial charge is 0.744 e. The molecule has 12 rings (SSSR count). The van der Waals surface area contributed by atoms with Gasteiger partial charge in [-0.2, -0.15) is 16.8 Å². The Morgan fingerprint density at radius 2 is 0.443 bits per heavy atom. The average molecular weight is 1610 g/mol. The van der Waals surface area contributed by atoms with E-state index in [1.807, 2.05) is 0 Å². The van der Waals surface area contributed by atoms with Crippen LogP contribution in [0.25, 0.3) is 43.1 Å². The van der Waals surface area contributed by atoms with E-state index in [-0.39, 0.29) is 101 Å². The van der Waals surface area contributed by atoms with Crippen LogP contribution >= 0.6 is 0 Å². The van der Waals surface area contributed by atoms with Crippen molar-refractivity contribution in [2.45, 2.75) is 39.2 Å². The molecule has 0 fully saturated rings. The molecule has 0 aromatic heterocycles. The Bertz CT molecular complexity index is 5750. The molecule has 536 valence electrons. The zero-order valence-corrected chi connectivity index (χ0v) is 65.0. The molecule has 0 saturated carbocycles. The molecule has 106 heavy (non-hydrogen) atoms. The van der Waals surface area contributed by atoms with E-state index in [2.05, 4.69) is 40.2 Å². The van der Waals surface area contributed by atoms with E-state index in [4.69, 9.17) is 0 Å². The minimum atomic E-state index is -4.81. The van der Waals surface area contributed by atoms with Crippen LogP contribution in [0.5, 0.6) is 0 Å². The number of hydrogen-bond acceptors (Lipinski definition) is 20. The standard InChI is InChI=1S/2C33H26N4O11S4.2Na/c2*38-33(34-25-11-7-21-9-13-29(17-23(21)15-25)49(39,40)36-27-3-1-5-31(19-27)51(43,44)45)35-26-12-8-22-10-14-30(18-24(22)16-26)50(41,42)37-28-4-2-6-32(20-28)52(46,47)48;;/h2*1-20,36-37H,(H2,34,35,38)(H,43,44,45)(H,46,47,48);;/q;;2*+1/p-2. The quantitative estimate of drug-likeness (QED) is 0.0362. The van der Waals surface area contributed by atoms with E-state index in [1.54, 1.807) is 84.9 Å². The topological polar surface area (TPSA) is 490 Å². The predicted octanol–water partition coefficient (Wildman–Crippen LogP) is 4.79. The molecule has 0 aliphatic rings.